The highest BCUT2D eigenvalue weighted by Crippen LogP contribution is 2.26. The molecule has 0 saturated carbocycles. The molecule has 1 heterocycles. The number of hydrogen-bond acceptors (Lipinski definition) is 4. The number of carbonyl (C=O) groups excluding carboxylic acids is 1. The molecular formula is C12H16N2OS. The van der Waals surface area contributed by atoms with Crippen molar-refractivity contribution in [2.45, 2.75) is 45.4 Å². The van der Waals surface area contributed by atoms with Crippen molar-refractivity contribution in [2.75, 3.05) is 0 Å². The van der Waals surface area contributed by atoms with Gasteiger partial charge in [-0.3, -0.25) is 4.79 Å². The van der Waals surface area contributed by atoms with E-state index in [2.05, 4.69) is 15.7 Å². The van der Waals surface area contributed by atoms with Gasteiger partial charge in [0.2, 0.25) is 5.78 Å². The largest absolute Gasteiger partial charge is 0.288 e. The Morgan fingerprint density at radius 1 is 1.44 bits per heavy atom. The van der Waals surface area contributed by atoms with E-state index in [-0.39, 0.29) is 11.7 Å². The Balaban J connectivity index is 2.26. The summed E-state index contributed by atoms with van der Waals surface area (Å²) in [6.07, 6.45) is 6.35. The molecule has 0 radical (unpaired) electrons. The fraction of sp³-hybridized carbons (Fsp3) is 0.583. The van der Waals surface area contributed by atoms with Crippen LogP contribution in [0.1, 0.15) is 60.8 Å². The van der Waals surface area contributed by atoms with Crippen molar-refractivity contribution in [2.24, 2.45) is 0 Å². The minimum Gasteiger partial charge on any atom is -0.288 e. The number of Topliss-reactive ketones (excluding diaryl/α,β-unsaturated/α-hetero) is 1. The minimum atomic E-state index is 0.151. The average molecular weight is 236 g/mol. The van der Waals surface area contributed by atoms with Gasteiger partial charge >= 0.3 is 0 Å². The molecule has 0 spiro atoms. The molecule has 1 aromatic heterocycles. The normalized spacial score (nSPS) is 16.3. The standard InChI is InChI=1S/C12H16N2OS/c1-8(2)10-12(16-14-13-10)11(15)9-6-4-3-5-7-9/h6,8H,3-5,7H2,1-2H3. The van der Waals surface area contributed by atoms with Crippen LogP contribution in [-0.2, 0) is 0 Å². The van der Waals surface area contributed by atoms with E-state index >= 15 is 0 Å². The topological polar surface area (TPSA) is 42.9 Å². The van der Waals surface area contributed by atoms with Crippen LogP contribution in [0.25, 0.3) is 0 Å². The number of nitrogens with zero attached hydrogens (tertiary/aromatic N) is 2. The molecule has 0 aliphatic heterocycles. The van der Waals surface area contributed by atoms with Crippen LogP contribution in [0.3, 0.4) is 0 Å². The van der Waals surface area contributed by atoms with Gasteiger partial charge in [0.25, 0.3) is 0 Å². The molecule has 0 aromatic carbocycles. The lowest BCUT2D eigenvalue weighted by Gasteiger charge is -2.11. The van der Waals surface area contributed by atoms with Crippen LogP contribution < -0.4 is 0 Å². The summed E-state index contributed by atoms with van der Waals surface area (Å²) >= 11 is 1.23. The van der Waals surface area contributed by atoms with Gasteiger partial charge in [0.1, 0.15) is 4.88 Å². The first-order chi connectivity index (χ1) is 7.70. The van der Waals surface area contributed by atoms with Crippen LogP contribution in [0.2, 0.25) is 0 Å². The third kappa shape index (κ3) is 2.21. The molecule has 1 aliphatic carbocycles. The summed E-state index contributed by atoms with van der Waals surface area (Å²) in [5.41, 5.74) is 1.81. The molecule has 0 fully saturated rings. The first-order valence-corrected chi connectivity index (χ1v) is 6.53. The predicted octanol–water partition coefficient (Wildman–Crippen LogP) is 3.34. The van der Waals surface area contributed by atoms with E-state index in [0.717, 1.165) is 35.4 Å². The molecule has 1 aliphatic rings. The Bertz CT molecular complexity index is 420. The van der Waals surface area contributed by atoms with Gasteiger partial charge in [-0.15, -0.1) is 5.10 Å². The number of aromatic nitrogens is 2. The van der Waals surface area contributed by atoms with Crippen LogP contribution in [0.5, 0.6) is 0 Å². The molecule has 0 bridgehead atoms. The molecule has 0 saturated heterocycles. The quantitative estimate of drug-likeness (QED) is 0.756. The first kappa shape index (κ1) is 11.5. The number of hydrogen-bond donors (Lipinski definition) is 0. The summed E-state index contributed by atoms with van der Waals surface area (Å²) in [7, 11) is 0. The van der Waals surface area contributed by atoms with Crippen molar-refractivity contribution < 1.29 is 4.79 Å². The highest BCUT2D eigenvalue weighted by Gasteiger charge is 2.22. The number of rotatable bonds is 3. The molecule has 0 atom stereocenters. The maximum absolute atomic E-state index is 12.2. The third-order valence-electron chi connectivity index (χ3n) is 2.85. The van der Waals surface area contributed by atoms with Gasteiger partial charge < -0.3 is 0 Å². The first-order valence-electron chi connectivity index (χ1n) is 5.76. The summed E-state index contributed by atoms with van der Waals surface area (Å²) in [6.45, 7) is 4.09. The van der Waals surface area contributed by atoms with Gasteiger partial charge in [0, 0.05) is 0 Å². The van der Waals surface area contributed by atoms with Gasteiger partial charge in [0.05, 0.1) is 5.69 Å². The van der Waals surface area contributed by atoms with Crippen molar-refractivity contribution >= 4 is 17.3 Å². The Hall–Kier alpha value is -1.03. The van der Waals surface area contributed by atoms with Crippen molar-refractivity contribution in [1.82, 2.24) is 9.59 Å². The third-order valence-corrected chi connectivity index (χ3v) is 3.59. The van der Waals surface area contributed by atoms with E-state index in [1.807, 2.05) is 13.8 Å². The second kappa shape index (κ2) is 4.87. The zero-order valence-electron chi connectivity index (χ0n) is 9.69. The highest BCUT2D eigenvalue weighted by molar-refractivity contribution is 7.08. The molecule has 3 nitrogen and oxygen atoms in total. The Labute approximate surface area is 99.7 Å². The van der Waals surface area contributed by atoms with E-state index in [9.17, 15) is 4.79 Å². The minimum absolute atomic E-state index is 0.151. The van der Waals surface area contributed by atoms with E-state index in [1.54, 1.807) is 0 Å². The summed E-state index contributed by atoms with van der Waals surface area (Å²) in [4.78, 5) is 13.0. The number of carbonyl (C=O) groups is 1. The zero-order valence-corrected chi connectivity index (χ0v) is 10.5. The fourth-order valence-corrected chi connectivity index (χ4v) is 2.72. The summed E-state index contributed by atoms with van der Waals surface area (Å²) in [6, 6.07) is 0. The molecule has 1 aromatic rings. The Kier molecular flexibility index (Phi) is 3.49. The van der Waals surface area contributed by atoms with E-state index in [4.69, 9.17) is 0 Å². The lowest BCUT2D eigenvalue weighted by atomic mass is 9.94. The SMILES string of the molecule is CC(C)c1nnsc1C(=O)C1=CCCCC1. The van der Waals surface area contributed by atoms with E-state index < -0.39 is 0 Å². The van der Waals surface area contributed by atoms with Crippen LogP contribution in [0.4, 0.5) is 0 Å². The summed E-state index contributed by atoms with van der Waals surface area (Å²) in [5, 5.41) is 4.05. The van der Waals surface area contributed by atoms with E-state index in [0.29, 0.717) is 0 Å². The molecule has 0 N–H and O–H groups in total. The maximum atomic E-state index is 12.2. The molecule has 0 amide bonds. The summed E-state index contributed by atoms with van der Waals surface area (Å²) in [5.74, 6) is 0.417. The lowest BCUT2D eigenvalue weighted by Crippen LogP contribution is -2.08. The molecule has 0 unspecified atom stereocenters. The second-order valence-corrected chi connectivity index (χ2v) is 5.20. The van der Waals surface area contributed by atoms with Crippen molar-refractivity contribution in [3.8, 4) is 0 Å². The number of allylic oxidation sites excluding steroid dienone is 2. The van der Waals surface area contributed by atoms with Gasteiger partial charge in [-0.05, 0) is 48.7 Å². The van der Waals surface area contributed by atoms with Gasteiger partial charge in [0.15, 0.2) is 0 Å². The fourth-order valence-electron chi connectivity index (χ4n) is 1.92. The number of ketones is 1. The lowest BCUT2D eigenvalue weighted by molar-refractivity contribution is 0.103. The zero-order chi connectivity index (χ0) is 11.5. The van der Waals surface area contributed by atoms with Crippen LogP contribution in [0.15, 0.2) is 11.6 Å². The monoisotopic (exact) mass is 236 g/mol. The molecule has 4 heteroatoms. The molecule has 86 valence electrons. The maximum Gasteiger partial charge on any atom is 0.202 e. The van der Waals surface area contributed by atoms with Crippen LogP contribution in [0, 0.1) is 0 Å². The van der Waals surface area contributed by atoms with Crippen LogP contribution >= 0.6 is 11.5 Å². The summed E-state index contributed by atoms with van der Waals surface area (Å²) < 4.78 is 3.90. The predicted molar refractivity (Wildman–Crippen MR) is 64.9 cm³/mol. The Morgan fingerprint density at radius 3 is 2.88 bits per heavy atom. The molecule has 16 heavy (non-hydrogen) atoms. The Morgan fingerprint density at radius 2 is 2.25 bits per heavy atom. The van der Waals surface area contributed by atoms with Crippen molar-refractivity contribution in [1.29, 1.82) is 0 Å². The molecular weight excluding hydrogens is 220 g/mol. The molecule has 2 rings (SSSR count). The van der Waals surface area contributed by atoms with Crippen molar-refractivity contribution in [3.63, 3.8) is 0 Å². The van der Waals surface area contributed by atoms with Gasteiger partial charge in [-0.1, -0.05) is 24.4 Å². The van der Waals surface area contributed by atoms with E-state index in [1.165, 1.54) is 18.0 Å². The van der Waals surface area contributed by atoms with Gasteiger partial charge in [-0.2, -0.15) is 0 Å². The highest BCUT2D eigenvalue weighted by atomic mass is 32.1. The van der Waals surface area contributed by atoms with Crippen LogP contribution in [-0.4, -0.2) is 15.4 Å². The smallest absolute Gasteiger partial charge is 0.202 e. The second-order valence-electron chi connectivity index (χ2n) is 4.45. The van der Waals surface area contributed by atoms with Crippen molar-refractivity contribution in [3.05, 3.63) is 22.2 Å². The average Bonchev–Trinajstić information content (AvgIpc) is 2.78. The van der Waals surface area contributed by atoms with Gasteiger partial charge in [-0.25, -0.2) is 0 Å².